The first kappa shape index (κ1) is 15.8. The number of halogens is 1. The molecule has 0 amide bonds. The van der Waals surface area contributed by atoms with Gasteiger partial charge in [0, 0.05) is 10.9 Å². The van der Waals surface area contributed by atoms with Crippen LogP contribution >= 0.6 is 11.3 Å². The van der Waals surface area contributed by atoms with Crippen LogP contribution in [-0.4, -0.2) is 34.5 Å². The molecule has 0 spiro atoms. The molecule has 1 N–H and O–H groups in total. The van der Waals surface area contributed by atoms with Crippen LogP contribution in [0.4, 0.5) is 4.39 Å². The Bertz CT molecular complexity index is 858. The number of benzene rings is 1. The van der Waals surface area contributed by atoms with E-state index in [9.17, 15) is 9.18 Å². The Hall–Kier alpha value is -2.09. The summed E-state index contributed by atoms with van der Waals surface area (Å²) in [6.45, 7) is 0.874. The molecule has 2 aromatic heterocycles. The lowest BCUT2D eigenvalue weighted by Gasteiger charge is -2.06. The summed E-state index contributed by atoms with van der Waals surface area (Å²) in [4.78, 5) is 17.6. The zero-order valence-electron chi connectivity index (χ0n) is 12.2. The van der Waals surface area contributed by atoms with Crippen LogP contribution in [-0.2, 0) is 11.3 Å². The molecular weight excluding hydrogens is 319 g/mol. The number of hydrogen-bond acceptors (Lipinski definition) is 5. The highest BCUT2D eigenvalue weighted by atomic mass is 32.1. The van der Waals surface area contributed by atoms with E-state index in [-0.39, 0.29) is 24.6 Å². The van der Waals surface area contributed by atoms with Gasteiger partial charge < -0.3 is 9.84 Å². The maximum atomic E-state index is 13.1. The van der Waals surface area contributed by atoms with Crippen LogP contribution in [0.15, 0.2) is 40.8 Å². The average Bonchev–Trinajstić information content (AvgIpc) is 2.99. The summed E-state index contributed by atoms with van der Waals surface area (Å²) in [7, 11) is 0. The van der Waals surface area contributed by atoms with Crippen molar-refractivity contribution in [3.05, 3.63) is 52.1 Å². The molecule has 3 aromatic rings. The fraction of sp³-hybridized carbons (Fsp3) is 0.250. The number of aromatic nitrogens is 2. The Morgan fingerprint density at radius 1 is 1.26 bits per heavy atom. The molecule has 0 unspecified atom stereocenters. The van der Waals surface area contributed by atoms with Crippen LogP contribution in [0.25, 0.3) is 21.3 Å². The molecule has 0 fully saturated rings. The number of ether oxygens (including phenoxy) is 1. The van der Waals surface area contributed by atoms with Crippen molar-refractivity contribution in [2.75, 3.05) is 19.8 Å². The van der Waals surface area contributed by atoms with Crippen molar-refractivity contribution in [3.63, 3.8) is 0 Å². The molecule has 3 rings (SSSR count). The highest BCUT2D eigenvalue weighted by molar-refractivity contribution is 7.17. The third-order valence-electron chi connectivity index (χ3n) is 3.43. The predicted octanol–water partition coefficient (Wildman–Crippen LogP) is 2.27. The summed E-state index contributed by atoms with van der Waals surface area (Å²) in [5, 5.41) is 11.1. The van der Waals surface area contributed by atoms with Gasteiger partial charge in [-0.25, -0.2) is 9.37 Å². The Balaban J connectivity index is 1.97. The van der Waals surface area contributed by atoms with E-state index >= 15 is 0 Å². The van der Waals surface area contributed by atoms with Crippen molar-refractivity contribution in [2.24, 2.45) is 0 Å². The number of aliphatic hydroxyl groups excluding tert-OH is 1. The maximum absolute atomic E-state index is 13.1. The standard InChI is InChI=1S/C16H15FN2O3S/c17-12-3-1-11(2-4-12)13-9-23-15-14(13)16(21)19(10-18-15)5-7-22-8-6-20/h1-4,9-10,20H,5-8H2. The second-order valence-corrected chi connectivity index (χ2v) is 5.77. The highest BCUT2D eigenvalue weighted by Crippen LogP contribution is 2.30. The lowest BCUT2D eigenvalue weighted by Crippen LogP contribution is -2.23. The van der Waals surface area contributed by atoms with Gasteiger partial charge in [-0.05, 0) is 17.7 Å². The Morgan fingerprint density at radius 2 is 2.04 bits per heavy atom. The lowest BCUT2D eigenvalue weighted by molar-refractivity contribution is 0.0865. The minimum Gasteiger partial charge on any atom is -0.394 e. The monoisotopic (exact) mass is 334 g/mol. The average molecular weight is 334 g/mol. The van der Waals surface area contributed by atoms with Crippen LogP contribution < -0.4 is 5.56 Å². The molecule has 23 heavy (non-hydrogen) atoms. The summed E-state index contributed by atoms with van der Waals surface area (Å²) in [5.74, 6) is -0.315. The Labute approximate surface area is 135 Å². The number of nitrogens with zero attached hydrogens (tertiary/aromatic N) is 2. The van der Waals surface area contributed by atoms with E-state index < -0.39 is 0 Å². The smallest absolute Gasteiger partial charge is 0.262 e. The summed E-state index contributed by atoms with van der Waals surface area (Å²) in [6.07, 6.45) is 1.50. The molecule has 0 atom stereocenters. The summed E-state index contributed by atoms with van der Waals surface area (Å²) >= 11 is 1.39. The van der Waals surface area contributed by atoms with Crippen molar-refractivity contribution in [2.45, 2.75) is 6.54 Å². The van der Waals surface area contributed by atoms with Gasteiger partial charge in [0.2, 0.25) is 0 Å². The molecule has 120 valence electrons. The maximum Gasteiger partial charge on any atom is 0.262 e. The van der Waals surface area contributed by atoms with Crippen LogP contribution in [0.3, 0.4) is 0 Å². The van der Waals surface area contributed by atoms with Gasteiger partial charge in [-0.3, -0.25) is 9.36 Å². The lowest BCUT2D eigenvalue weighted by atomic mass is 10.1. The fourth-order valence-electron chi connectivity index (χ4n) is 2.30. The number of rotatable bonds is 6. The molecule has 5 nitrogen and oxygen atoms in total. The van der Waals surface area contributed by atoms with Crippen molar-refractivity contribution in [3.8, 4) is 11.1 Å². The Morgan fingerprint density at radius 3 is 2.78 bits per heavy atom. The van der Waals surface area contributed by atoms with Gasteiger partial charge in [0.1, 0.15) is 10.6 Å². The third-order valence-corrected chi connectivity index (χ3v) is 4.31. The van der Waals surface area contributed by atoms with Gasteiger partial charge in [-0.2, -0.15) is 0 Å². The normalized spacial score (nSPS) is 11.2. The van der Waals surface area contributed by atoms with Gasteiger partial charge in [-0.15, -0.1) is 11.3 Å². The molecule has 1 aromatic carbocycles. The van der Waals surface area contributed by atoms with Gasteiger partial charge in [-0.1, -0.05) is 12.1 Å². The number of aliphatic hydroxyl groups is 1. The van der Waals surface area contributed by atoms with E-state index in [1.54, 1.807) is 12.1 Å². The molecule has 0 saturated heterocycles. The first-order valence-corrected chi connectivity index (χ1v) is 8.00. The van der Waals surface area contributed by atoms with Crippen LogP contribution in [0, 0.1) is 5.82 Å². The van der Waals surface area contributed by atoms with Crippen LogP contribution in [0.2, 0.25) is 0 Å². The second kappa shape index (κ2) is 6.99. The minimum atomic E-state index is -0.315. The fourth-order valence-corrected chi connectivity index (χ4v) is 3.20. The molecule has 0 saturated carbocycles. The summed E-state index contributed by atoms with van der Waals surface area (Å²) in [6, 6.07) is 6.04. The molecule has 0 bridgehead atoms. The van der Waals surface area contributed by atoms with Crippen molar-refractivity contribution in [1.29, 1.82) is 0 Å². The predicted molar refractivity (Wildman–Crippen MR) is 87.2 cm³/mol. The van der Waals surface area contributed by atoms with Gasteiger partial charge >= 0.3 is 0 Å². The zero-order chi connectivity index (χ0) is 16.2. The molecule has 0 aliphatic heterocycles. The third kappa shape index (κ3) is 3.31. The number of hydrogen-bond donors (Lipinski definition) is 1. The van der Waals surface area contributed by atoms with E-state index in [0.29, 0.717) is 23.4 Å². The second-order valence-electron chi connectivity index (χ2n) is 4.92. The van der Waals surface area contributed by atoms with E-state index in [1.807, 2.05) is 5.38 Å². The van der Waals surface area contributed by atoms with Crippen molar-refractivity contribution in [1.82, 2.24) is 9.55 Å². The highest BCUT2D eigenvalue weighted by Gasteiger charge is 2.13. The zero-order valence-corrected chi connectivity index (χ0v) is 13.1. The summed E-state index contributed by atoms with van der Waals surface area (Å²) < 4.78 is 19.8. The van der Waals surface area contributed by atoms with E-state index in [2.05, 4.69) is 4.98 Å². The van der Waals surface area contributed by atoms with Crippen molar-refractivity contribution < 1.29 is 14.2 Å². The topological polar surface area (TPSA) is 64.4 Å². The molecule has 0 aliphatic rings. The molecule has 0 aliphatic carbocycles. The molecule has 0 radical (unpaired) electrons. The largest absolute Gasteiger partial charge is 0.394 e. The first-order valence-electron chi connectivity index (χ1n) is 7.12. The SMILES string of the molecule is O=c1c2c(-c3ccc(F)cc3)csc2ncn1CCOCCO. The van der Waals surface area contributed by atoms with Gasteiger partial charge in [0.25, 0.3) is 5.56 Å². The van der Waals surface area contributed by atoms with E-state index in [4.69, 9.17) is 9.84 Å². The quantitative estimate of drug-likeness (QED) is 0.703. The molecule has 7 heteroatoms. The number of fused-ring (bicyclic) bond motifs is 1. The first-order chi connectivity index (χ1) is 11.2. The van der Waals surface area contributed by atoms with Crippen LogP contribution in [0.5, 0.6) is 0 Å². The summed E-state index contributed by atoms with van der Waals surface area (Å²) in [5.41, 5.74) is 1.39. The molecule has 2 heterocycles. The Kier molecular flexibility index (Phi) is 4.80. The van der Waals surface area contributed by atoms with Gasteiger partial charge in [0.15, 0.2) is 0 Å². The van der Waals surface area contributed by atoms with E-state index in [1.165, 1.54) is 34.4 Å². The van der Waals surface area contributed by atoms with Gasteiger partial charge in [0.05, 0.1) is 38.1 Å². The van der Waals surface area contributed by atoms with Crippen molar-refractivity contribution >= 4 is 21.6 Å². The minimum absolute atomic E-state index is 0.0502. The number of thiophene rings is 1. The van der Waals surface area contributed by atoms with E-state index in [0.717, 1.165) is 11.1 Å². The van der Waals surface area contributed by atoms with Crippen LogP contribution in [0.1, 0.15) is 0 Å². The molecular formula is C16H15FN2O3S.